The summed E-state index contributed by atoms with van der Waals surface area (Å²) in [4.78, 5) is 5.55. The molecule has 0 aliphatic carbocycles. The van der Waals surface area contributed by atoms with Crippen LogP contribution in [0.2, 0.25) is 0 Å². The van der Waals surface area contributed by atoms with Crippen molar-refractivity contribution < 1.29 is 0 Å². The normalized spacial score (nSPS) is 13.4. The lowest BCUT2D eigenvalue weighted by atomic mass is 10.1. The molecule has 0 saturated heterocycles. The van der Waals surface area contributed by atoms with Crippen LogP contribution in [0, 0.1) is 6.92 Å². The van der Waals surface area contributed by atoms with Gasteiger partial charge in [0.2, 0.25) is 0 Å². The van der Waals surface area contributed by atoms with Gasteiger partial charge in [-0.15, -0.1) is 11.3 Å². The molecule has 0 radical (unpaired) electrons. The van der Waals surface area contributed by atoms with Crippen molar-refractivity contribution in [1.29, 1.82) is 0 Å². The molecule has 1 aromatic rings. The second kappa shape index (κ2) is 3.83. The minimum atomic E-state index is 0.302. The Hall–Kier alpha value is -0.410. The Balaban J connectivity index is 2.44. The van der Waals surface area contributed by atoms with E-state index >= 15 is 0 Å². The van der Waals surface area contributed by atoms with Crippen molar-refractivity contribution in [2.75, 3.05) is 0 Å². The number of rotatable bonds is 3. The van der Waals surface area contributed by atoms with E-state index in [4.69, 9.17) is 5.73 Å². The number of aromatic nitrogens is 1. The van der Waals surface area contributed by atoms with E-state index in [0.29, 0.717) is 6.04 Å². The van der Waals surface area contributed by atoms with Crippen LogP contribution in [0.1, 0.15) is 23.9 Å². The Morgan fingerprint density at radius 1 is 1.73 bits per heavy atom. The minimum Gasteiger partial charge on any atom is -0.328 e. The van der Waals surface area contributed by atoms with E-state index in [-0.39, 0.29) is 0 Å². The van der Waals surface area contributed by atoms with Crippen LogP contribution in [-0.2, 0) is 6.42 Å². The van der Waals surface area contributed by atoms with Crippen LogP contribution in [0.3, 0.4) is 0 Å². The van der Waals surface area contributed by atoms with Gasteiger partial charge in [-0.3, -0.25) is 0 Å². The van der Waals surface area contributed by atoms with Crippen LogP contribution in [0.15, 0.2) is 5.51 Å². The number of nitrogens with two attached hydrogens (primary N) is 1. The van der Waals surface area contributed by atoms with Gasteiger partial charge in [0.25, 0.3) is 0 Å². The quantitative estimate of drug-likeness (QED) is 0.750. The highest BCUT2D eigenvalue weighted by molar-refractivity contribution is 7.09. The fourth-order valence-electron chi connectivity index (χ4n) is 0.925. The van der Waals surface area contributed by atoms with E-state index in [2.05, 4.69) is 4.98 Å². The van der Waals surface area contributed by atoms with E-state index in [0.717, 1.165) is 18.5 Å². The summed E-state index contributed by atoms with van der Waals surface area (Å²) >= 11 is 1.72. The van der Waals surface area contributed by atoms with Crippen molar-refractivity contribution in [3.8, 4) is 0 Å². The van der Waals surface area contributed by atoms with Crippen LogP contribution in [0.5, 0.6) is 0 Å². The molecule has 0 bridgehead atoms. The highest BCUT2D eigenvalue weighted by Crippen LogP contribution is 2.14. The summed E-state index contributed by atoms with van der Waals surface area (Å²) in [7, 11) is 0. The van der Waals surface area contributed by atoms with Gasteiger partial charge in [0.15, 0.2) is 0 Å². The third-order valence-corrected chi connectivity index (χ3v) is 2.67. The molecule has 0 amide bonds. The molecule has 1 unspecified atom stereocenters. The number of hydrogen-bond acceptors (Lipinski definition) is 3. The maximum atomic E-state index is 5.64. The zero-order valence-electron chi connectivity index (χ0n) is 7.00. The Morgan fingerprint density at radius 2 is 2.45 bits per heavy atom. The molecule has 2 nitrogen and oxygen atoms in total. The first-order valence-electron chi connectivity index (χ1n) is 3.84. The summed E-state index contributed by atoms with van der Waals surface area (Å²) in [5, 5.41) is 0. The molecule has 3 heteroatoms. The van der Waals surface area contributed by atoms with E-state index in [1.54, 1.807) is 11.3 Å². The second-order valence-electron chi connectivity index (χ2n) is 2.88. The molecule has 1 atom stereocenters. The summed E-state index contributed by atoms with van der Waals surface area (Å²) in [6.07, 6.45) is 2.14. The van der Waals surface area contributed by atoms with E-state index in [1.165, 1.54) is 4.88 Å². The van der Waals surface area contributed by atoms with Crippen molar-refractivity contribution >= 4 is 11.3 Å². The lowest BCUT2D eigenvalue weighted by molar-refractivity contribution is 0.668. The summed E-state index contributed by atoms with van der Waals surface area (Å²) in [6, 6.07) is 0.302. The summed E-state index contributed by atoms with van der Waals surface area (Å²) < 4.78 is 0. The lowest BCUT2D eigenvalue weighted by Gasteiger charge is -2.02. The SMILES string of the molecule is Cc1ncsc1CCC(C)N. The van der Waals surface area contributed by atoms with Crippen LogP contribution in [-0.4, -0.2) is 11.0 Å². The zero-order chi connectivity index (χ0) is 8.27. The molecular formula is C8H14N2S. The van der Waals surface area contributed by atoms with E-state index in [9.17, 15) is 0 Å². The molecule has 62 valence electrons. The summed E-state index contributed by atoms with van der Waals surface area (Å²) in [5.74, 6) is 0. The van der Waals surface area contributed by atoms with E-state index in [1.807, 2.05) is 19.4 Å². The molecule has 1 aromatic heterocycles. The van der Waals surface area contributed by atoms with Crippen molar-refractivity contribution in [3.63, 3.8) is 0 Å². The van der Waals surface area contributed by atoms with Crippen LogP contribution < -0.4 is 5.73 Å². The van der Waals surface area contributed by atoms with Gasteiger partial charge in [-0.1, -0.05) is 0 Å². The zero-order valence-corrected chi connectivity index (χ0v) is 7.82. The number of aryl methyl sites for hydroxylation is 2. The first kappa shape index (κ1) is 8.68. The Morgan fingerprint density at radius 3 is 2.91 bits per heavy atom. The highest BCUT2D eigenvalue weighted by atomic mass is 32.1. The smallest absolute Gasteiger partial charge is 0.0797 e. The monoisotopic (exact) mass is 170 g/mol. The van der Waals surface area contributed by atoms with Crippen LogP contribution >= 0.6 is 11.3 Å². The van der Waals surface area contributed by atoms with Gasteiger partial charge < -0.3 is 5.73 Å². The topological polar surface area (TPSA) is 38.9 Å². The van der Waals surface area contributed by atoms with Crippen molar-refractivity contribution in [2.24, 2.45) is 5.73 Å². The Bertz CT molecular complexity index is 218. The molecular weight excluding hydrogens is 156 g/mol. The summed E-state index contributed by atoms with van der Waals surface area (Å²) in [6.45, 7) is 4.09. The standard InChI is InChI=1S/C8H14N2S/c1-6(9)3-4-8-7(2)10-5-11-8/h5-6H,3-4,9H2,1-2H3. The minimum absolute atomic E-state index is 0.302. The van der Waals surface area contributed by atoms with E-state index < -0.39 is 0 Å². The third kappa shape index (κ3) is 2.60. The lowest BCUT2D eigenvalue weighted by Crippen LogP contribution is -2.15. The molecule has 0 saturated carbocycles. The molecule has 0 spiro atoms. The van der Waals surface area contributed by atoms with Crippen molar-refractivity contribution in [2.45, 2.75) is 32.7 Å². The van der Waals surface area contributed by atoms with Gasteiger partial charge in [0.1, 0.15) is 0 Å². The molecule has 2 N–H and O–H groups in total. The third-order valence-electron chi connectivity index (χ3n) is 1.67. The Kier molecular flexibility index (Phi) is 3.02. The number of nitrogens with zero attached hydrogens (tertiary/aromatic N) is 1. The fraction of sp³-hybridized carbons (Fsp3) is 0.625. The molecule has 0 aliphatic heterocycles. The average molecular weight is 170 g/mol. The Labute approximate surface area is 71.5 Å². The van der Waals surface area contributed by atoms with Crippen molar-refractivity contribution in [3.05, 3.63) is 16.1 Å². The maximum absolute atomic E-state index is 5.64. The fourth-order valence-corrected chi connectivity index (χ4v) is 1.72. The molecule has 0 aromatic carbocycles. The highest BCUT2D eigenvalue weighted by Gasteiger charge is 2.01. The average Bonchev–Trinajstić information content (AvgIpc) is 2.31. The van der Waals surface area contributed by atoms with Crippen LogP contribution in [0.25, 0.3) is 0 Å². The number of thiazole rings is 1. The van der Waals surface area contributed by atoms with Gasteiger partial charge in [-0.2, -0.15) is 0 Å². The largest absolute Gasteiger partial charge is 0.328 e. The molecule has 11 heavy (non-hydrogen) atoms. The number of hydrogen-bond donors (Lipinski definition) is 1. The van der Waals surface area contributed by atoms with Gasteiger partial charge >= 0.3 is 0 Å². The van der Waals surface area contributed by atoms with Gasteiger partial charge in [-0.05, 0) is 26.7 Å². The maximum Gasteiger partial charge on any atom is 0.0797 e. The van der Waals surface area contributed by atoms with Crippen molar-refractivity contribution in [1.82, 2.24) is 4.98 Å². The summed E-state index contributed by atoms with van der Waals surface area (Å²) in [5.41, 5.74) is 8.70. The molecule has 0 fully saturated rings. The predicted octanol–water partition coefficient (Wildman–Crippen LogP) is 1.73. The van der Waals surface area contributed by atoms with Gasteiger partial charge in [0.05, 0.1) is 11.2 Å². The van der Waals surface area contributed by atoms with Gasteiger partial charge in [-0.25, -0.2) is 4.98 Å². The van der Waals surface area contributed by atoms with Gasteiger partial charge in [0, 0.05) is 10.9 Å². The van der Waals surface area contributed by atoms with Crippen LogP contribution in [0.4, 0.5) is 0 Å². The molecule has 1 heterocycles. The second-order valence-corrected chi connectivity index (χ2v) is 3.82. The first-order valence-corrected chi connectivity index (χ1v) is 4.72. The first-order chi connectivity index (χ1) is 5.20. The molecule has 0 aliphatic rings. The molecule has 1 rings (SSSR count). The predicted molar refractivity (Wildman–Crippen MR) is 48.8 cm³/mol.